The Bertz CT molecular complexity index is 687. The molecule has 2 aliphatic rings. The topological polar surface area (TPSA) is 46.1 Å². The number of rotatable bonds is 7. The highest BCUT2D eigenvalue weighted by atomic mass is 127. The van der Waals surface area contributed by atoms with Crippen molar-refractivity contribution in [3.8, 4) is 0 Å². The molecule has 0 radical (unpaired) electrons. The summed E-state index contributed by atoms with van der Waals surface area (Å²) in [5, 5.41) is 3.41. The summed E-state index contributed by atoms with van der Waals surface area (Å²) in [6, 6.07) is 7.00. The SMILES string of the molecule is CCNC(=NCC(C)(C)c1ccccc1F)N1CCC(OCC2CCCCO2)CC1.I. The van der Waals surface area contributed by atoms with Gasteiger partial charge in [0.25, 0.3) is 0 Å². The second-order valence-corrected chi connectivity index (χ2v) is 9.04. The minimum Gasteiger partial charge on any atom is -0.376 e. The van der Waals surface area contributed by atoms with Crippen LogP contribution in [-0.2, 0) is 14.9 Å². The van der Waals surface area contributed by atoms with Crippen molar-refractivity contribution in [3.63, 3.8) is 0 Å². The first-order valence-corrected chi connectivity index (χ1v) is 11.5. The Hall–Kier alpha value is -0.930. The predicted octanol–water partition coefficient (Wildman–Crippen LogP) is 4.74. The van der Waals surface area contributed by atoms with Crippen molar-refractivity contribution in [3.05, 3.63) is 35.6 Å². The summed E-state index contributed by atoms with van der Waals surface area (Å²) in [6.45, 7) is 11.0. The fraction of sp³-hybridized carbons (Fsp3) is 0.708. The number of nitrogens with one attached hydrogen (secondary N) is 1. The summed E-state index contributed by atoms with van der Waals surface area (Å²) in [4.78, 5) is 7.18. The van der Waals surface area contributed by atoms with Gasteiger partial charge in [-0.05, 0) is 50.7 Å². The molecule has 0 aromatic heterocycles. The maximum Gasteiger partial charge on any atom is 0.193 e. The van der Waals surface area contributed by atoms with E-state index in [4.69, 9.17) is 14.5 Å². The molecule has 2 heterocycles. The molecule has 2 saturated heterocycles. The second kappa shape index (κ2) is 12.9. The molecule has 0 bridgehead atoms. The van der Waals surface area contributed by atoms with Crippen LogP contribution in [0.4, 0.5) is 4.39 Å². The first kappa shape index (κ1) is 26.3. The van der Waals surface area contributed by atoms with Gasteiger partial charge in [0.15, 0.2) is 5.96 Å². The summed E-state index contributed by atoms with van der Waals surface area (Å²) in [6.07, 6.45) is 6.10. The Morgan fingerprint density at radius 3 is 2.61 bits per heavy atom. The molecular weight excluding hydrogens is 508 g/mol. The lowest BCUT2D eigenvalue weighted by molar-refractivity contribution is -0.0721. The summed E-state index contributed by atoms with van der Waals surface area (Å²) < 4.78 is 26.2. The van der Waals surface area contributed by atoms with E-state index in [0.717, 1.165) is 58.1 Å². The number of guanidine groups is 1. The van der Waals surface area contributed by atoms with Crippen molar-refractivity contribution in [2.45, 2.75) is 70.5 Å². The van der Waals surface area contributed by atoms with Gasteiger partial charge in [-0.15, -0.1) is 24.0 Å². The van der Waals surface area contributed by atoms with Crippen LogP contribution in [0.25, 0.3) is 0 Å². The van der Waals surface area contributed by atoms with Crippen LogP contribution in [0.1, 0.15) is 58.4 Å². The second-order valence-electron chi connectivity index (χ2n) is 9.04. The Morgan fingerprint density at radius 1 is 1.23 bits per heavy atom. The van der Waals surface area contributed by atoms with Gasteiger partial charge in [0.1, 0.15) is 5.82 Å². The molecule has 0 amide bonds. The van der Waals surface area contributed by atoms with E-state index in [1.165, 1.54) is 18.9 Å². The molecule has 1 aromatic carbocycles. The monoisotopic (exact) mass is 547 g/mol. The third-order valence-electron chi connectivity index (χ3n) is 6.10. The number of nitrogens with zero attached hydrogens (tertiary/aromatic N) is 2. The molecule has 1 N–H and O–H groups in total. The standard InChI is InChI=1S/C24H38FN3O2.HI/c1-4-26-23(27-18-24(2,3)21-10-5-6-11-22(21)25)28-14-12-19(13-15-28)30-17-20-9-7-8-16-29-20;/h5-6,10-11,19-20H,4,7-9,12-18H2,1-3H3,(H,26,27);1H. The summed E-state index contributed by atoms with van der Waals surface area (Å²) in [5.74, 6) is 0.749. The van der Waals surface area contributed by atoms with Crippen LogP contribution in [0.15, 0.2) is 29.3 Å². The van der Waals surface area contributed by atoms with E-state index in [1.807, 2.05) is 26.0 Å². The zero-order chi connectivity index (χ0) is 21.4. The van der Waals surface area contributed by atoms with Gasteiger partial charge < -0.3 is 19.7 Å². The average Bonchev–Trinajstić information content (AvgIpc) is 2.76. The van der Waals surface area contributed by atoms with Gasteiger partial charge in [-0.1, -0.05) is 32.0 Å². The van der Waals surface area contributed by atoms with E-state index in [9.17, 15) is 4.39 Å². The highest BCUT2D eigenvalue weighted by Crippen LogP contribution is 2.26. The zero-order valence-corrected chi connectivity index (χ0v) is 21.6. The van der Waals surface area contributed by atoms with Crippen LogP contribution < -0.4 is 5.32 Å². The molecule has 0 aliphatic carbocycles. The van der Waals surface area contributed by atoms with Crippen LogP contribution in [0.2, 0.25) is 0 Å². The van der Waals surface area contributed by atoms with Crippen molar-refractivity contribution < 1.29 is 13.9 Å². The van der Waals surface area contributed by atoms with Crippen molar-refractivity contribution in [2.24, 2.45) is 4.99 Å². The largest absolute Gasteiger partial charge is 0.376 e. The molecule has 31 heavy (non-hydrogen) atoms. The maximum atomic E-state index is 14.3. The quantitative estimate of drug-likeness (QED) is 0.305. The molecule has 7 heteroatoms. The van der Waals surface area contributed by atoms with Crippen LogP contribution in [0.5, 0.6) is 0 Å². The van der Waals surface area contributed by atoms with Crippen LogP contribution in [0, 0.1) is 5.82 Å². The normalized spacial score (nSPS) is 21.0. The molecule has 0 saturated carbocycles. The van der Waals surface area contributed by atoms with E-state index >= 15 is 0 Å². The third-order valence-corrected chi connectivity index (χ3v) is 6.10. The lowest BCUT2D eigenvalue weighted by Crippen LogP contribution is -2.47. The smallest absolute Gasteiger partial charge is 0.193 e. The highest BCUT2D eigenvalue weighted by Gasteiger charge is 2.26. The summed E-state index contributed by atoms with van der Waals surface area (Å²) in [5.41, 5.74) is 0.342. The van der Waals surface area contributed by atoms with Gasteiger partial charge in [-0.2, -0.15) is 0 Å². The van der Waals surface area contributed by atoms with E-state index < -0.39 is 0 Å². The molecule has 2 fully saturated rings. The minimum absolute atomic E-state index is 0. The lowest BCUT2D eigenvalue weighted by atomic mass is 9.84. The summed E-state index contributed by atoms with van der Waals surface area (Å²) >= 11 is 0. The van der Waals surface area contributed by atoms with E-state index in [1.54, 1.807) is 6.07 Å². The number of ether oxygens (including phenoxy) is 2. The number of likely N-dealkylation sites (tertiary alicyclic amines) is 1. The van der Waals surface area contributed by atoms with Crippen molar-refractivity contribution in [1.82, 2.24) is 10.2 Å². The molecule has 1 aromatic rings. The third kappa shape index (κ3) is 7.86. The molecule has 176 valence electrons. The Morgan fingerprint density at radius 2 is 1.97 bits per heavy atom. The average molecular weight is 547 g/mol. The molecule has 5 nitrogen and oxygen atoms in total. The van der Waals surface area contributed by atoms with Gasteiger partial charge in [-0.25, -0.2) is 4.39 Å². The van der Waals surface area contributed by atoms with Gasteiger partial charge in [0, 0.05) is 31.7 Å². The van der Waals surface area contributed by atoms with Crippen LogP contribution in [-0.4, -0.2) is 62.5 Å². The Balaban J connectivity index is 0.00000341. The van der Waals surface area contributed by atoms with Crippen LogP contribution >= 0.6 is 24.0 Å². The Kier molecular flexibility index (Phi) is 11.0. The molecule has 1 unspecified atom stereocenters. The first-order valence-electron chi connectivity index (χ1n) is 11.5. The fourth-order valence-electron chi connectivity index (χ4n) is 4.21. The molecule has 0 spiro atoms. The molecule has 2 aliphatic heterocycles. The van der Waals surface area contributed by atoms with Crippen LogP contribution in [0.3, 0.4) is 0 Å². The fourth-order valence-corrected chi connectivity index (χ4v) is 4.21. The number of piperidine rings is 1. The Labute approximate surface area is 204 Å². The van der Waals surface area contributed by atoms with Crippen molar-refractivity contribution >= 4 is 29.9 Å². The number of hydrogen-bond donors (Lipinski definition) is 1. The maximum absolute atomic E-state index is 14.3. The highest BCUT2D eigenvalue weighted by molar-refractivity contribution is 14.0. The van der Waals surface area contributed by atoms with Crippen molar-refractivity contribution in [2.75, 3.05) is 39.4 Å². The number of aliphatic imine (C=N–C) groups is 1. The number of hydrogen-bond acceptors (Lipinski definition) is 3. The number of halogens is 2. The van der Waals surface area contributed by atoms with E-state index in [2.05, 4.69) is 17.1 Å². The van der Waals surface area contributed by atoms with Crippen molar-refractivity contribution in [1.29, 1.82) is 0 Å². The zero-order valence-electron chi connectivity index (χ0n) is 19.2. The molecule has 3 rings (SSSR count). The first-order chi connectivity index (χ1) is 14.5. The molecular formula is C24H39FIN3O2. The number of benzene rings is 1. The minimum atomic E-state index is -0.368. The van der Waals surface area contributed by atoms with E-state index in [0.29, 0.717) is 18.2 Å². The predicted molar refractivity (Wildman–Crippen MR) is 135 cm³/mol. The summed E-state index contributed by atoms with van der Waals surface area (Å²) in [7, 11) is 0. The lowest BCUT2D eigenvalue weighted by Gasteiger charge is -2.35. The molecule has 1 atom stereocenters. The van der Waals surface area contributed by atoms with Gasteiger partial charge >= 0.3 is 0 Å². The van der Waals surface area contributed by atoms with E-state index in [-0.39, 0.29) is 41.3 Å². The van der Waals surface area contributed by atoms with Gasteiger partial charge in [-0.3, -0.25) is 4.99 Å². The van der Waals surface area contributed by atoms with Gasteiger partial charge in [0.2, 0.25) is 0 Å². The van der Waals surface area contributed by atoms with Gasteiger partial charge in [0.05, 0.1) is 25.4 Å².